The van der Waals surface area contributed by atoms with Crippen LogP contribution in [0.3, 0.4) is 0 Å². The van der Waals surface area contributed by atoms with Gasteiger partial charge < -0.3 is 10.1 Å². The highest BCUT2D eigenvalue weighted by molar-refractivity contribution is 5.87. The number of carbonyl (C=O) groups excluding carboxylic acids is 1. The second kappa shape index (κ2) is 6.14. The van der Waals surface area contributed by atoms with Crippen molar-refractivity contribution in [1.82, 2.24) is 9.97 Å². The van der Waals surface area contributed by atoms with E-state index in [-0.39, 0.29) is 5.82 Å². The van der Waals surface area contributed by atoms with Gasteiger partial charge in [0.2, 0.25) is 5.82 Å². The number of methoxy groups -OCH3 is 1. The molecule has 0 bridgehead atoms. The number of aromatic nitrogens is 2. The molecule has 20 heavy (non-hydrogen) atoms. The van der Waals surface area contributed by atoms with Crippen LogP contribution in [0.1, 0.15) is 23.1 Å². The lowest BCUT2D eigenvalue weighted by Crippen LogP contribution is -2.13. The van der Waals surface area contributed by atoms with Gasteiger partial charge in [-0.25, -0.2) is 14.8 Å². The highest BCUT2D eigenvalue weighted by Crippen LogP contribution is 2.25. The van der Waals surface area contributed by atoms with Gasteiger partial charge in [-0.15, -0.1) is 0 Å². The van der Waals surface area contributed by atoms with E-state index in [9.17, 15) is 4.79 Å². The summed E-state index contributed by atoms with van der Waals surface area (Å²) in [6.07, 6.45) is 0. The monoisotopic (exact) mass is 271 g/mol. The van der Waals surface area contributed by atoms with Crippen molar-refractivity contribution in [3.63, 3.8) is 0 Å². The third kappa shape index (κ3) is 2.77. The number of anilines is 1. The van der Waals surface area contributed by atoms with E-state index < -0.39 is 5.97 Å². The molecule has 1 aromatic heterocycles. The number of esters is 1. The van der Waals surface area contributed by atoms with Crippen LogP contribution in [-0.2, 0) is 4.74 Å². The minimum atomic E-state index is -0.540. The summed E-state index contributed by atoms with van der Waals surface area (Å²) in [5.74, 6) is 0.177. The van der Waals surface area contributed by atoms with Crippen LogP contribution in [0.2, 0.25) is 0 Å². The number of nitrogens with zero attached hydrogens (tertiary/aromatic N) is 2. The summed E-state index contributed by atoms with van der Waals surface area (Å²) in [7, 11) is 1.32. The maximum atomic E-state index is 11.7. The molecule has 2 rings (SSSR count). The molecule has 0 aliphatic rings. The second-order valence-electron chi connectivity index (χ2n) is 4.26. The lowest BCUT2D eigenvalue weighted by Gasteiger charge is -2.12. The van der Waals surface area contributed by atoms with E-state index in [2.05, 4.69) is 15.3 Å². The summed E-state index contributed by atoms with van der Waals surface area (Å²) in [6, 6.07) is 9.70. The molecule has 1 heterocycles. The maximum absolute atomic E-state index is 11.7. The Morgan fingerprint density at radius 3 is 2.55 bits per heavy atom. The van der Waals surface area contributed by atoms with Crippen LogP contribution in [0.5, 0.6) is 0 Å². The van der Waals surface area contributed by atoms with Crippen LogP contribution >= 0.6 is 0 Å². The Hall–Kier alpha value is -2.43. The molecule has 0 amide bonds. The molecule has 2 aromatic rings. The third-order valence-electron chi connectivity index (χ3n) is 2.91. The Bertz CT molecular complexity index is 612. The summed E-state index contributed by atoms with van der Waals surface area (Å²) in [4.78, 5) is 20.2. The highest BCUT2D eigenvalue weighted by atomic mass is 16.5. The standard InChI is InChI=1S/C15H17N3O2/c1-4-16-13-10(2)12(11-8-6-5-7-9-11)17-14(18-13)15(19)20-3/h5-9H,4H2,1-3H3,(H,16,17,18). The quantitative estimate of drug-likeness (QED) is 0.866. The average molecular weight is 271 g/mol. The Morgan fingerprint density at radius 2 is 1.95 bits per heavy atom. The fourth-order valence-corrected chi connectivity index (χ4v) is 1.92. The zero-order valence-electron chi connectivity index (χ0n) is 11.8. The van der Waals surface area contributed by atoms with E-state index in [4.69, 9.17) is 4.74 Å². The van der Waals surface area contributed by atoms with Crippen molar-refractivity contribution >= 4 is 11.8 Å². The van der Waals surface area contributed by atoms with E-state index in [0.717, 1.165) is 16.8 Å². The van der Waals surface area contributed by atoms with E-state index in [1.54, 1.807) is 0 Å². The molecule has 0 radical (unpaired) electrons. The Balaban J connectivity index is 2.60. The predicted octanol–water partition coefficient (Wildman–Crippen LogP) is 2.67. The number of nitrogens with one attached hydrogen (secondary N) is 1. The molecule has 0 saturated carbocycles. The molecule has 0 aliphatic heterocycles. The van der Waals surface area contributed by atoms with Crippen LogP contribution in [-0.4, -0.2) is 29.6 Å². The fourth-order valence-electron chi connectivity index (χ4n) is 1.92. The summed E-state index contributed by atoms with van der Waals surface area (Å²) in [6.45, 7) is 4.62. The zero-order chi connectivity index (χ0) is 14.5. The van der Waals surface area contributed by atoms with Gasteiger partial charge in [0.25, 0.3) is 0 Å². The summed E-state index contributed by atoms with van der Waals surface area (Å²) in [5.41, 5.74) is 2.58. The van der Waals surface area contributed by atoms with Crippen molar-refractivity contribution in [2.24, 2.45) is 0 Å². The van der Waals surface area contributed by atoms with Crippen LogP contribution in [0, 0.1) is 6.92 Å². The fraction of sp³-hybridized carbons (Fsp3) is 0.267. The van der Waals surface area contributed by atoms with Gasteiger partial charge in [0.05, 0.1) is 12.8 Å². The molecular formula is C15H17N3O2. The van der Waals surface area contributed by atoms with Crippen LogP contribution < -0.4 is 5.32 Å². The van der Waals surface area contributed by atoms with Gasteiger partial charge in [-0.05, 0) is 13.8 Å². The van der Waals surface area contributed by atoms with Crippen LogP contribution in [0.15, 0.2) is 30.3 Å². The first-order valence-electron chi connectivity index (χ1n) is 6.43. The number of hydrogen-bond donors (Lipinski definition) is 1. The molecule has 1 N–H and O–H groups in total. The predicted molar refractivity (Wildman–Crippen MR) is 77.7 cm³/mol. The van der Waals surface area contributed by atoms with E-state index in [0.29, 0.717) is 12.4 Å². The maximum Gasteiger partial charge on any atom is 0.376 e. The minimum absolute atomic E-state index is 0.0629. The van der Waals surface area contributed by atoms with E-state index >= 15 is 0 Å². The molecule has 0 fully saturated rings. The van der Waals surface area contributed by atoms with E-state index in [1.807, 2.05) is 44.2 Å². The molecule has 104 valence electrons. The van der Waals surface area contributed by atoms with Gasteiger partial charge in [-0.3, -0.25) is 0 Å². The first-order valence-corrected chi connectivity index (χ1v) is 6.43. The molecule has 5 heteroatoms. The van der Waals surface area contributed by atoms with Gasteiger partial charge in [0, 0.05) is 17.7 Å². The van der Waals surface area contributed by atoms with Gasteiger partial charge in [-0.2, -0.15) is 0 Å². The van der Waals surface area contributed by atoms with Crippen molar-refractivity contribution in [3.05, 3.63) is 41.7 Å². The normalized spacial score (nSPS) is 10.2. The summed E-state index contributed by atoms with van der Waals surface area (Å²) < 4.78 is 4.71. The Labute approximate surface area is 118 Å². The van der Waals surface area contributed by atoms with Crippen molar-refractivity contribution in [2.75, 3.05) is 19.0 Å². The van der Waals surface area contributed by atoms with Crippen molar-refractivity contribution in [3.8, 4) is 11.3 Å². The van der Waals surface area contributed by atoms with Crippen molar-refractivity contribution in [1.29, 1.82) is 0 Å². The summed E-state index contributed by atoms with van der Waals surface area (Å²) >= 11 is 0. The molecule has 0 saturated heterocycles. The van der Waals surface area contributed by atoms with Crippen molar-refractivity contribution in [2.45, 2.75) is 13.8 Å². The van der Waals surface area contributed by atoms with Gasteiger partial charge in [0.1, 0.15) is 5.82 Å². The second-order valence-corrected chi connectivity index (χ2v) is 4.26. The summed E-state index contributed by atoms with van der Waals surface area (Å²) in [5, 5.41) is 3.15. The van der Waals surface area contributed by atoms with Gasteiger partial charge in [0.15, 0.2) is 0 Å². The Kier molecular flexibility index (Phi) is 4.30. The number of ether oxygens (including phenoxy) is 1. The molecule has 0 spiro atoms. The molecule has 1 aromatic carbocycles. The number of rotatable bonds is 4. The topological polar surface area (TPSA) is 64.1 Å². The minimum Gasteiger partial charge on any atom is -0.463 e. The molecule has 0 unspecified atom stereocenters. The largest absolute Gasteiger partial charge is 0.463 e. The van der Waals surface area contributed by atoms with Gasteiger partial charge >= 0.3 is 5.97 Å². The molecule has 0 aliphatic carbocycles. The van der Waals surface area contributed by atoms with Crippen LogP contribution in [0.25, 0.3) is 11.3 Å². The number of benzene rings is 1. The van der Waals surface area contributed by atoms with Crippen molar-refractivity contribution < 1.29 is 9.53 Å². The average Bonchev–Trinajstić information content (AvgIpc) is 2.49. The lowest BCUT2D eigenvalue weighted by atomic mass is 10.1. The number of carbonyl (C=O) groups is 1. The molecule has 0 atom stereocenters. The lowest BCUT2D eigenvalue weighted by molar-refractivity contribution is 0.0587. The van der Waals surface area contributed by atoms with Crippen LogP contribution in [0.4, 0.5) is 5.82 Å². The first kappa shape index (κ1) is 14.0. The number of hydrogen-bond acceptors (Lipinski definition) is 5. The van der Waals surface area contributed by atoms with E-state index in [1.165, 1.54) is 7.11 Å². The molecule has 5 nitrogen and oxygen atoms in total. The molecular weight excluding hydrogens is 254 g/mol. The zero-order valence-corrected chi connectivity index (χ0v) is 11.8. The Morgan fingerprint density at radius 1 is 1.25 bits per heavy atom. The third-order valence-corrected chi connectivity index (χ3v) is 2.91. The highest BCUT2D eigenvalue weighted by Gasteiger charge is 2.17. The smallest absolute Gasteiger partial charge is 0.376 e. The first-order chi connectivity index (χ1) is 9.67. The van der Waals surface area contributed by atoms with Gasteiger partial charge in [-0.1, -0.05) is 30.3 Å². The SMILES string of the molecule is CCNc1nc(C(=O)OC)nc(-c2ccccc2)c1C.